The Morgan fingerprint density at radius 3 is 2.60 bits per heavy atom. The summed E-state index contributed by atoms with van der Waals surface area (Å²) in [6.07, 6.45) is 0.549. The molecule has 82 valence electrons. The summed E-state index contributed by atoms with van der Waals surface area (Å²) in [5, 5.41) is 8.54. The first-order valence-corrected chi connectivity index (χ1v) is 5.29. The Morgan fingerprint density at radius 2 is 2.07 bits per heavy atom. The monoisotopic (exact) mass is 205 g/mol. The number of ether oxygens (including phenoxy) is 1. The molecule has 0 aromatic heterocycles. The SMILES string of the molecule is CC.COc1cccc(C(C)CC#N)c1. The summed E-state index contributed by atoms with van der Waals surface area (Å²) in [6.45, 7) is 6.04. The molecule has 0 spiro atoms. The molecular weight excluding hydrogens is 186 g/mol. The Hall–Kier alpha value is -1.49. The number of hydrogen-bond donors (Lipinski definition) is 0. The van der Waals surface area contributed by atoms with E-state index >= 15 is 0 Å². The lowest BCUT2D eigenvalue weighted by atomic mass is 9.98. The molecule has 0 heterocycles. The van der Waals surface area contributed by atoms with Crippen molar-refractivity contribution in [3.8, 4) is 11.8 Å². The van der Waals surface area contributed by atoms with Crippen LogP contribution in [0.3, 0.4) is 0 Å². The first kappa shape index (κ1) is 13.5. The molecule has 0 radical (unpaired) electrons. The molecule has 0 saturated heterocycles. The van der Waals surface area contributed by atoms with E-state index in [1.54, 1.807) is 7.11 Å². The minimum atomic E-state index is 0.278. The Kier molecular flexibility index (Phi) is 7.09. The molecule has 15 heavy (non-hydrogen) atoms. The quantitative estimate of drug-likeness (QED) is 0.753. The third-order valence-corrected chi connectivity index (χ3v) is 2.06. The van der Waals surface area contributed by atoms with Gasteiger partial charge in [-0.05, 0) is 23.6 Å². The third kappa shape index (κ3) is 4.51. The van der Waals surface area contributed by atoms with Crippen LogP contribution in [0.5, 0.6) is 5.75 Å². The van der Waals surface area contributed by atoms with Crippen molar-refractivity contribution < 1.29 is 4.74 Å². The minimum Gasteiger partial charge on any atom is -0.497 e. The van der Waals surface area contributed by atoms with Gasteiger partial charge in [0.25, 0.3) is 0 Å². The predicted octanol–water partition coefficient (Wildman–Crippen LogP) is 3.74. The van der Waals surface area contributed by atoms with Crippen molar-refractivity contribution in [1.29, 1.82) is 5.26 Å². The number of nitriles is 1. The summed E-state index contributed by atoms with van der Waals surface area (Å²) < 4.78 is 5.10. The maximum Gasteiger partial charge on any atom is 0.119 e. The Balaban J connectivity index is 0.000000921. The van der Waals surface area contributed by atoms with E-state index in [9.17, 15) is 0 Å². The van der Waals surface area contributed by atoms with Gasteiger partial charge in [0.2, 0.25) is 0 Å². The van der Waals surface area contributed by atoms with Gasteiger partial charge in [-0.1, -0.05) is 32.9 Å². The van der Waals surface area contributed by atoms with Crippen molar-refractivity contribution in [1.82, 2.24) is 0 Å². The fraction of sp³-hybridized carbons (Fsp3) is 0.462. The highest BCUT2D eigenvalue weighted by atomic mass is 16.5. The van der Waals surface area contributed by atoms with Crippen LogP contribution >= 0.6 is 0 Å². The van der Waals surface area contributed by atoms with Gasteiger partial charge in [-0.15, -0.1) is 0 Å². The lowest BCUT2D eigenvalue weighted by Crippen LogP contribution is -1.92. The van der Waals surface area contributed by atoms with E-state index in [0.29, 0.717) is 6.42 Å². The molecule has 0 aliphatic rings. The molecule has 0 aliphatic carbocycles. The number of nitrogens with zero attached hydrogens (tertiary/aromatic N) is 1. The van der Waals surface area contributed by atoms with Crippen LogP contribution in [0.2, 0.25) is 0 Å². The largest absolute Gasteiger partial charge is 0.497 e. The average Bonchev–Trinajstić information content (AvgIpc) is 2.32. The first-order chi connectivity index (χ1) is 7.27. The van der Waals surface area contributed by atoms with E-state index in [0.717, 1.165) is 11.3 Å². The van der Waals surface area contributed by atoms with E-state index in [1.165, 1.54) is 0 Å². The lowest BCUT2D eigenvalue weighted by molar-refractivity contribution is 0.414. The molecule has 0 amide bonds. The van der Waals surface area contributed by atoms with Crippen molar-refractivity contribution in [3.63, 3.8) is 0 Å². The average molecular weight is 205 g/mol. The van der Waals surface area contributed by atoms with Crippen molar-refractivity contribution >= 4 is 0 Å². The summed E-state index contributed by atoms with van der Waals surface area (Å²) in [4.78, 5) is 0. The van der Waals surface area contributed by atoms with E-state index in [1.807, 2.05) is 45.0 Å². The van der Waals surface area contributed by atoms with Crippen LogP contribution in [0.15, 0.2) is 24.3 Å². The van der Waals surface area contributed by atoms with Crippen molar-refractivity contribution in [2.45, 2.75) is 33.1 Å². The number of benzene rings is 1. The standard InChI is InChI=1S/C11H13NO.C2H6/c1-9(6-7-12)10-4-3-5-11(8-10)13-2;1-2/h3-5,8-9H,6H2,1-2H3;1-2H3. The Bertz CT molecular complexity index is 315. The van der Waals surface area contributed by atoms with Gasteiger partial charge < -0.3 is 4.74 Å². The molecule has 1 aromatic rings. The molecule has 1 rings (SSSR count). The fourth-order valence-electron chi connectivity index (χ4n) is 1.20. The molecule has 1 aromatic carbocycles. The summed E-state index contributed by atoms with van der Waals surface area (Å²) >= 11 is 0. The van der Waals surface area contributed by atoms with Crippen LogP contribution in [0.1, 0.15) is 38.7 Å². The molecule has 1 unspecified atom stereocenters. The van der Waals surface area contributed by atoms with Gasteiger partial charge >= 0.3 is 0 Å². The molecule has 2 heteroatoms. The van der Waals surface area contributed by atoms with Gasteiger partial charge in [0.05, 0.1) is 13.2 Å². The molecule has 2 nitrogen and oxygen atoms in total. The summed E-state index contributed by atoms with van der Waals surface area (Å²) in [7, 11) is 1.65. The van der Waals surface area contributed by atoms with E-state index in [2.05, 4.69) is 6.07 Å². The lowest BCUT2D eigenvalue weighted by Gasteiger charge is -2.08. The molecule has 0 N–H and O–H groups in total. The van der Waals surface area contributed by atoms with E-state index in [4.69, 9.17) is 10.00 Å². The van der Waals surface area contributed by atoms with Crippen LogP contribution in [0.4, 0.5) is 0 Å². The molecule has 0 bridgehead atoms. The predicted molar refractivity (Wildman–Crippen MR) is 63.0 cm³/mol. The smallest absolute Gasteiger partial charge is 0.119 e. The van der Waals surface area contributed by atoms with Crippen LogP contribution in [-0.2, 0) is 0 Å². The van der Waals surface area contributed by atoms with Gasteiger partial charge in [0.15, 0.2) is 0 Å². The van der Waals surface area contributed by atoms with Crippen LogP contribution in [0, 0.1) is 11.3 Å². The summed E-state index contributed by atoms with van der Waals surface area (Å²) in [5.74, 6) is 1.13. The minimum absolute atomic E-state index is 0.278. The van der Waals surface area contributed by atoms with Gasteiger partial charge in [-0.3, -0.25) is 0 Å². The zero-order valence-electron chi connectivity index (χ0n) is 9.95. The number of methoxy groups -OCH3 is 1. The highest BCUT2D eigenvalue weighted by Crippen LogP contribution is 2.22. The second kappa shape index (κ2) is 7.87. The maximum atomic E-state index is 8.54. The zero-order valence-corrected chi connectivity index (χ0v) is 9.95. The highest BCUT2D eigenvalue weighted by molar-refractivity contribution is 5.30. The molecular formula is C13H19NO. The van der Waals surface area contributed by atoms with Gasteiger partial charge in [0, 0.05) is 6.42 Å². The normalized spacial score (nSPS) is 10.6. The van der Waals surface area contributed by atoms with Crippen LogP contribution < -0.4 is 4.74 Å². The van der Waals surface area contributed by atoms with E-state index < -0.39 is 0 Å². The van der Waals surface area contributed by atoms with Crippen LogP contribution in [0.25, 0.3) is 0 Å². The number of rotatable bonds is 3. The van der Waals surface area contributed by atoms with Crippen LogP contribution in [-0.4, -0.2) is 7.11 Å². The van der Waals surface area contributed by atoms with Gasteiger partial charge in [0.1, 0.15) is 5.75 Å². The second-order valence-corrected chi connectivity index (χ2v) is 3.04. The van der Waals surface area contributed by atoms with Crippen molar-refractivity contribution in [2.75, 3.05) is 7.11 Å². The maximum absolute atomic E-state index is 8.54. The fourth-order valence-corrected chi connectivity index (χ4v) is 1.20. The van der Waals surface area contributed by atoms with Gasteiger partial charge in [-0.25, -0.2) is 0 Å². The van der Waals surface area contributed by atoms with E-state index in [-0.39, 0.29) is 5.92 Å². The first-order valence-electron chi connectivity index (χ1n) is 5.29. The molecule has 0 saturated carbocycles. The molecule has 1 atom stereocenters. The van der Waals surface area contributed by atoms with Crippen molar-refractivity contribution in [3.05, 3.63) is 29.8 Å². The Morgan fingerprint density at radius 1 is 1.40 bits per heavy atom. The van der Waals surface area contributed by atoms with Crippen molar-refractivity contribution in [2.24, 2.45) is 0 Å². The third-order valence-electron chi connectivity index (χ3n) is 2.06. The topological polar surface area (TPSA) is 33.0 Å². The molecule has 0 aliphatic heterocycles. The molecule has 0 fully saturated rings. The second-order valence-electron chi connectivity index (χ2n) is 3.04. The highest BCUT2D eigenvalue weighted by Gasteiger charge is 2.04. The zero-order chi connectivity index (χ0) is 11.7. The number of hydrogen-bond acceptors (Lipinski definition) is 2. The van der Waals surface area contributed by atoms with Gasteiger partial charge in [-0.2, -0.15) is 5.26 Å². The Labute approximate surface area is 92.5 Å². The summed E-state index contributed by atoms with van der Waals surface area (Å²) in [6, 6.07) is 10.0. The summed E-state index contributed by atoms with van der Waals surface area (Å²) in [5.41, 5.74) is 1.15.